The van der Waals surface area contributed by atoms with Crippen molar-refractivity contribution in [2.75, 3.05) is 17.7 Å². The fourth-order valence-electron chi connectivity index (χ4n) is 3.69. The van der Waals surface area contributed by atoms with Gasteiger partial charge in [0.2, 0.25) is 6.41 Å². The number of aliphatic hydroxyl groups excluding tert-OH is 1. The van der Waals surface area contributed by atoms with Crippen molar-refractivity contribution in [3.63, 3.8) is 0 Å². The van der Waals surface area contributed by atoms with E-state index in [-0.39, 0.29) is 58.6 Å². The summed E-state index contributed by atoms with van der Waals surface area (Å²) in [5, 5.41) is 31.1. The van der Waals surface area contributed by atoms with Gasteiger partial charge in [-0.3, -0.25) is 29.4 Å². The molecule has 2 aliphatic rings. The second kappa shape index (κ2) is 12.8. The summed E-state index contributed by atoms with van der Waals surface area (Å²) in [6.07, 6.45) is 0.439. The van der Waals surface area contributed by atoms with Crippen LogP contribution in [0.3, 0.4) is 0 Å². The number of carbonyl (C=O) groups is 4. The number of ether oxygens (including phenoxy) is 1. The highest BCUT2D eigenvalue weighted by atomic mass is 32.2. The molecule has 0 saturated carbocycles. The number of nitrogens with one attached hydrogen (secondary N) is 2. The van der Waals surface area contributed by atoms with E-state index in [0.29, 0.717) is 12.0 Å². The Balaban J connectivity index is 1.44. The Bertz CT molecular complexity index is 1420. The number of thiazole rings is 1. The van der Waals surface area contributed by atoms with Crippen molar-refractivity contribution in [1.29, 1.82) is 0 Å². The number of anilines is 1. The van der Waals surface area contributed by atoms with Crippen molar-refractivity contribution in [3.8, 4) is 0 Å². The van der Waals surface area contributed by atoms with E-state index in [1.165, 1.54) is 29.6 Å². The molecule has 3 N–H and O–H groups in total. The first-order chi connectivity index (χ1) is 19.6. The summed E-state index contributed by atoms with van der Waals surface area (Å²) in [5.41, 5.74) is -0.0997. The minimum atomic E-state index is -1.06. The van der Waals surface area contributed by atoms with E-state index in [4.69, 9.17) is 9.57 Å². The number of hydrogen-bond donors (Lipinski definition) is 3. The van der Waals surface area contributed by atoms with Crippen molar-refractivity contribution < 1.29 is 38.8 Å². The average molecular weight is 605 g/mol. The SMILES string of the molecule is CC(C)CON=C(C(=O)NC1C(=O)N2C(C(=O)OCc3ccc([N+](=O)[O-])cc3)=C(O)CS[C@@H]12)c1csc(NC=O)n1. The van der Waals surface area contributed by atoms with Crippen molar-refractivity contribution in [3.05, 3.63) is 62.5 Å². The van der Waals surface area contributed by atoms with E-state index in [1.807, 2.05) is 13.8 Å². The van der Waals surface area contributed by atoms with E-state index in [1.54, 1.807) is 0 Å². The third-order valence-electron chi connectivity index (χ3n) is 5.65. The summed E-state index contributed by atoms with van der Waals surface area (Å²) in [6.45, 7) is 3.75. The summed E-state index contributed by atoms with van der Waals surface area (Å²) in [4.78, 5) is 70.6. The first-order valence-electron chi connectivity index (χ1n) is 12.0. The third-order valence-corrected chi connectivity index (χ3v) is 7.69. The Hall–Kier alpha value is -4.51. The molecule has 17 heteroatoms. The predicted octanol–water partition coefficient (Wildman–Crippen LogP) is 1.91. The zero-order valence-corrected chi connectivity index (χ0v) is 23.3. The number of nitrogens with zero attached hydrogens (tertiary/aromatic N) is 4. The lowest BCUT2D eigenvalue weighted by Gasteiger charge is -2.48. The molecule has 41 heavy (non-hydrogen) atoms. The van der Waals surface area contributed by atoms with Gasteiger partial charge < -0.3 is 25.3 Å². The largest absolute Gasteiger partial charge is 0.509 e. The maximum absolute atomic E-state index is 13.2. The monoisotopic (exact) mass is 604 g/mol. The Morgan fingerprint density at radius 1 is 1.34 bits per heavy atom. The minimum absolute atomic E-state index is 0.0198. The molecule has 1 fully saturated rings. The van der Waals surface area contributed by atoms with Crippen LogP contribution < -0.4 is 10.6 Å². The first-order valence-corrected chi connectivity index (χ1v) is 14.0. The summed E-state index contributed by atoms with van der Waals surface area (Å²) >= 11 is 2.19. The summed E-state index contributed by atoms with van der Waals surface area (Å²) in [6, 6.07) is 4.31. The topological polar surface area (TPSA) is 203 Å². The van der Waals surface area contributed by atoms with Gasteiger partial charge in [-0.2, -0.15) is 0 Å². The number of rotatable bonds is 12. The Labute approximate surface area is 240 Å². The predicted molar refractivity (Wildman–Crippen MR) is 147 cm³/mol. The van der Waals surface area contributed by atoms with Gasteiger partial charge in [0.05, 0.1) is 10.7 Å². The van der Waals surface area contributed by atoms with Crippen molar-refractivity contribution >= 4 is 63.8 Å². The molecule has 0 spiro atoms. The highest BCUT2D eigenvalue weighted by Crippen LogP contribution is 2.40. The molecule has 216 valence electrons. The van der Waals surface area contributed by atoms with Crippen LogP contribution in [0.25, 0.3) is 0 Å². The molecule has 1 aromatic carbocycles. The van der Waals surface area contributed by atoms with E-state index < -0.39 is 34.1 Å². The third kappa shape index (κ3) is 6.63. The number of thioether (sulfide) groups is 1. The zero-order valence-electron chi connectivity index (χ0n) is 21.6. The molecular formula is C24H24N6O9S2. The molecule has 2 atom stereocenters. The van der Waals surface area contributed by atoms with Gasteiger partial charge in [-0.15, -0.1) is 23.1 Å². The van der Waals surface area contributed by atoms with E-state index in [2.05, 4.69) is 20.8 Å². The molecule has 1 unspecified atom stereocenters. The Morgan fingerprint density at radius 2 is 2.07 bits per heavy atom. The number of nitro groups is 1. The molecule has 1 aromatic heterocycles. The van der Waals surface area contributed by atoms with Crippen LogP contribution in [-0.4, -0.2) is 73.6 Å². The Kier molecular flexibility index (Phi) is 9.18. The Morgan fingerprint density at radius 3 is 2.73 bits per heavy atom. The quantitative estimate of drug-likeness (QED) is 0.0797. The van der Waals surface area contributed by atoms with Gasteiger partial charge in [0.25, 0.3) is 17.5 Å². The maximum atomic E-state index is 13.2. The summed E-state index contributed by atoms with van der Waals surface area (Å²) in [7, 11) is 0. The van der Waals surface area contributed by atoms with Gasteiger partial charge in [-0.25, -0.2) is 9.78 Å². The molecule has 0 bridgehead atoms. The molecule has 4 rings (SSSR count). The van der Waals surface area contributed by atoms with E-state index in [0.717, 1.165) is 28.0 Å². The van der Waals surface area contributed by atoms with Crippen LogP contribution in [0.5, 0.6) is 0 Å². The van der Waals surface area contributed by atoms with E-state index >= 15 is 0 Å². The molecule has 0 radical (unpaired) electrons. The first kappa shape index (κ1) is 29.5. The number of non-ortho nitro benzene ring substituents is 1. The highest BCUT2D eigenvalue weighted by Gasteiger charge is 2.55. The van der Waals surface area contributed by atoms with Gasteiger partial charge in [0, 0.05) is 17.5 Å². The lowest BCUT2D eigenvalue weighted by molar-refractivity contribution is -0.384. The van der Waals surface area contributed by atoms with Crippen molar-refractivity contribution in [2.45, 2.75) is 31.9 Å². The van der Waals surface area contributed by atoms with Gasteiger partial charge >= 0.3 is 5.97 Å². The van der Waals surface area contributed by atoms with E-state index in [9.17, 15) is 34.4 Å². The van der Waals surface area contributed by atoms with Crippen molar-refractivity contribution in [1.82, 2.24) is 15.2 Å². The number of aromatic nitrogens is 1. The summed E-state index contributed by atoms with van der Waals surface area (Å²) in [5.74, 6) is -2.66. The van der Waals surface area contributed by atoms with Crippen LogP contribution in [0.2, 0.25) is 0 Å². The van der Waals surface area contributed by atoms with Gasteiger partial charge in [-0.05, 0) is 23.6 Å². The molecule has 3 amide bonds. The number of amides is 3. The fraction of sp³-hybridized carbons (Fsp3) is 0.333. The van der Waals surface area contributed by atoms with Gasteiger partial charge in [0.15, 0.2) is 16.5 Å². The second-order valence-corrected chi connectivity index (χ2v) is 11.0. The molecule has 2 aliphatic heterocycles. The van der Waals surface area contributed by atoms with Gasteiger partial charge in [-0.1, -0.05) is 19.0 Å². The fourth-order valence-corrected chi connectivity index (χ4v) is 5.54. The lowest BCUT2D eigenvalue weighted by Crippen LogP contribution is -2.71. The number of β-lactam (4-membered cyclic amide) rings is 1. The maximum Gasteiger partial charge on any atom is 0.358 e. The van der Waals surface area contributed by atoms with Crippen LogP contribution in [0, 0.1) is 16.0 Å². The molecule has 1 saturated heterocycles. The van der Waals surface area contributed by atoms with Crippen LogP contribution >= 0.6 is 23.1 Å². The molecule has 15 nitrogen and oxygen atoms in total. The molecule has 0 aliphatic carbocycles. The normalized spacial score (nSPS) is 18.4. The number of hydrogen-bond acceptors (Lipinski definition) is 13. The minimum Gasteiger partial charge on any atom is -0.509 e. The number of esters is 1. The molecule has 2 aromatic rings. The zero-order chi connectivity index (χ0) is 29.7. The highest BCUT2D eigenvalue weighted by molar-refractivity contribution is 8.00. The van der Waals surface area contributed by atoms with Crippen LogP contribution in [-0.2, 0) is 35.4 Å². The second-order valence-electron chi connectivity index (χ2n) is 9.09. The smallest absolute Gasteiger partial charge is 0.358 e. The molecular weight excluding hydrogens is 580 g/mol. The number of fused-ring (bicyclic) bond motifs is 1. The number of oxime groups is 1. The number of aliphatic hydroxyl groups is 1. The summed E-state index contributed by atoms with van der Waals surface area (Å²) < 4.78 is 5.25. The number of carbonyl (C=O) groups excluding carboxylic acids is 4. The number of nitro benzene ring substituents is 1. The van der Waals surface area contributed by atoms with Crippen molar-refractivity contribution in [2.24, 2.45) is 11.1 Å². The lowest BCUT2D eigenvalue weighted by atomic mass is 10.0. The van der Waals surface area contributed by atoms with Gasteiger partial charge in [0.1, 0.15) is 36.1 Å². The van der Waals surface area contributed by atoms with Crippen LogP contribution in [0.15, 0.2) is 46.3 Å². The van der Waals surface area contributed by atoms with Crippen LogP contribution in [0.1, 0.15) is 25.1 Å². The van der Waals surface area contributed by atoms with Crippen LogP contribution in [0.4, 0.5) is 10.8 Å². The molecule has 3 heterocycles. The average Bonchev–Trinajstić information content (AvgIpc) is 3.40. The number of benzene rings is 1. The standard InChI is InChI=1S/C24H24N6O9S2/c1-12(2)7-39-28-17(15-9-41-24(26-15)25-11-31)20(33)27-18-21(34)29-19(16(32)10-40-22(18)29)23(35)38-8-13-3-5-14(6-4-13)30(36)37/h3-6,9,11-12,18,22,32H,7-8,10H2,1-2H3,(H,27,33)(H,25,26,31)/t18?,22-/m0/s1.